The van der Waals surface area contributed by atoms with E-state index in [1.54, 1.807) is 0 Å². The SMILES string of the molecule is CC(=O)NCc1nc2cc(Br)c(C(F)(F)P(=O)(O)O)cc2s1. The number of alkyl halides is 2. The first-order valence-corrected chi connectivity index (χ1v) is 9.02. The number of aromatic nitrogens is 1. The summed E-state index contributed by atoms with van der Waals surface area (Å²) >= 11 is 3.94. The molecule has 0 radical (unpaired) electrons. The van der Waals surface area contributed by atoms with E-state index in [9.17, 15) is 18.1 Å². The third-order valence-electron chi connectivity index (χ3n) is 2.70. The lowest BCUT2D eigenvalue weighted by Gasteiger charge is -2.19. The Hall–Kier alpha value is -0.930. The summed E-state index contributed by atoms with van der Waals surface area (Å²) in [5, 5.41) is 3.03. The highest BCUT2D eigenvalue weighted by Crippen LogP contribution is 2.60. The molecule has 1 amide bonds. The molecule has 0 fully saturated rings. The standard InChI is InChI=1S/C11H10BrF2N2O4PS/c1-5(17)15-4-10-16-8-3-7(12)6(2-9(8)22-10)11(13,14)21(18,19)20/h2-3H,4H2,1H3,(H,15,17)(H2,18,19,20). The monoisotopic (exact) mass is 414 g/mol. The van der Waals surface area contributed by atoms with Crippen LogP contribution in [0.2, 0.25) is 0 Å². The lowest BCUT2D eigenvalue weighted by Crippen LogP contribution is -2.18. The maximum Gasteiger partial charge on any atom is 0.399 e. The Balaban J connectivity index is 2.49. The molecule has 0 spiro atoms. The van der Waals surface area contributed by atoms with Crippen LogP contribution in [0.1, 0.15) is 17.5 Å². The molecular formula is C11H10BrF2N2O4PS. The molecule has 0 unspecified atom stereocenters. The van der Waals surface area contributed by atoms with Gasteiger partial charge < -0.3 is 15.1 Å². The number of nitrogens with zero attached hydrogens (tertiary/aromatic N) is 1. The van der Waals surface area contributed by atoms with E-state index in [2.05, 4.69) is 26.2 Å². The van der Waals surface area contributed by atoms with Crippen LogP contribution in [0.25, 0.3) is 10.2 Å². The van der Waals surface area contributed by atoms with Crippen LogP contribution in [-0.4, -0.2) is 20.7 Å². The van der Waals surface area contributed by atoms with Gasteiger partial charge in [0, 0.05) is 17.0 Å². The maximum atomic E-state index is 13.8. The van der Waals surface area contributed by atoms with Gasteiger partial charge in [-0.3, -0.25) is 9.36 Å². The predicted octanol–water partition coefficient (Wildman–Crippen LogP) is 2.92. The van der Waals surface area contributed by atoms with Crippen molar-refractivity contribution in [2.45, 2.75) is 19.1 Å². The quantitative estimate of drug-likeness (QED) is 0.667. The minimum Gasteiger partial charge on any atom is -0.350 e. The molecule has 3 N–H and O–H groups in total. The molecule has 22 heavy (non-hydrogen) atoms. The fourth-order valence-corrected chi connectivity index (χ4v) is 3.82. The molecule has 2 rings (SSSR count). The highest BCUT2D eigenvalue weighted by atomic mass is 79.9. The zero-order chi connectivity index (χ0) is 16.7. The summed E-state index contributed by atoms with van der Waals surface area (Å²) in [4.78, 5) is 32.7. The summed E-state index contributed by atoms with van der Waals surface area (Å²) in [6, 6.07) is 2.26. The van der Waals surface area contributed by atoms with Crippen LogP contribution >= 0.6 is 34.9 Å². The van der Waals surface area contributed by atoms with E-state index in [0.29, 0.717) is 15.2 Å². The first-order valence-electron chi connectivity index (χ1n) is 5.79. The number of benzene rings is 1. The van der Waals surface area contributed by atoms with Gasteiger partial charge in [-0.05, 0) is 12.1 Å². The molecule has 1 aromatic heterocycles. The minimum absolute atomic E-state index is 0.148. The Labute approximate surface area is 135 Å². The third kappa shape index (κ3) is 3.36. The lowest BCUT2D eigenvalue weighted by atomic mass is 10.2. The van der Waals surface area contributed by atoms with Gasteiger partial charge in [-0.2, -0.15) is 8.78 Å². The Morgan fingerprint density at radius 2 is 2.14 bits per heavy atom. The number of hydrogen-bond acceptors (Lipinski definition) is 4. The van der Waals surface area contributed by atoms with Gasteiger partial charge in [0.2, 0.25) is 5.91 Å². The van der Waals surface area contributed by atoms with Crippen molar-refractivity contribution >= 4 is 51.0 Å². The highest BCUT2D eigenvalue weighted by Gasteiger charge is 2.51. The van der Waals surface area contributed by atoms with Crippen molar-refractivity contribution in [3.05, 3.63) is 27.2 Å². The van der Waals surface area contributed by atoms with Gasteiger partial charge in [0.05, 0.1) is 16.8 Å². The second-order valence-electron chi connectivity index (χ2n) is 4.40. The summed E-state index contributed by atoms with van der Waals surface area (Å²) in [6.45, 7) is 1.49. The van der Waals surface area contributed by atoms with Crippen LogP contribution in [0.5, 0.6) is 0 Å². The molecule has 6 nitrogen and oxygen atoms in total. The van der Waals surface area contributed by atoms with Crippen LogP contribution in [-0.2, 0) is 21.6 Å². The Morgan fingerprint density at radius 1 is 1.50 bits per heavy atom. The highest BCUT2D eigenvalue weighted by molar-refractivity contribution is 9.10. The first kappa shape index (κ1) is 17.4. The molecule has 0 saturated carbocycles. The molecule has 11 heteroatoms. The number of rotatable bonds is 4. The van der Waals surface area contributed by atoms with Gasteiger partial charge in [-0.1, -0.05) is 15.9 Å². The average Bonchev–Trinajstić information content (AvgIpc) is 2.75. The zero-order valence-electron chi connectivity index (χ0n) is 11.0. The van der Waals surface area contributed by atoms with Crippen molar-refractivity contribution in [1.82, 2.24) is 10.3 Å². The molecule has 0 aliphatic rings. The molecule has 120 valence electrons. The number of carbonyl (C=O) groups excluding carboxylic acids is 1. The molecule has 0 aliphatic carbocycles. The topological polar surface area (TPSA) is 99.5 Å². The summed E-state index contributed by atoms with van der Waals surface area (Å²) in [5.74, 6) is -0.255. The smallest absolute Gasteiger partial charge is 0.350 e. The van der Waals surface area contributed by atoms with Gasteiger partial charge in [0.25, 0.3) is 0 Å². The van der Waals surface area contributed by atoms with Crippen molar-refractivity contribution in [3.63, 3.8) is 0 Å². The first-order chi connectivity index (χ1) is 10.0. The largest absolute Gasteiger partial charge is 0.399 e. The Kier molecular flexibility index (Phi) is 4.70. The number of amides is 1. The molecule has 1 aromatic carbocycles. The lowest BCUT2D eigenvalue weighted by molar-refractivity contribution is -0.119. The van der Waals surface area contributed by atoms with Crippen LogP contribution in [0.15, 0.2) is 16.6 Å². The van der Waals surface area contributed by atoms with E-state index in [0.717, 1.165) is 17.4 Å². The summed E-state index contributed by atoms with van der Waals surface area (Å²) in [6.07, 6.45) is 0. The number of nitrogens with one attached hydrogen (secondary N) is 1. The molecule has 0 saturated heterocycles. The number of carbonyl (C=O) groups is 1. The van der Waals surface area contributed by atoms with Gasteiger partial charge in [-0.25, -0.2) is 4.98 Å². The van der Waals surface area contributed by atoms with Crippen LogP contribution in [0.3, 0.4) is 0 Å². The molecule has 1 heterocycles. The zero-order valence-corrected chi connectivity index (χ0v) is 14.3. The van der Waals surface area contributed by atoms with Gasteiger partial charge in [0.15, 0.2) is 0 Å². The molecular weight excluding hydrogens is 405 g/mol. The number of fused-ring (bicyclic) bond motifs is 1. The van der Waals surface area contributed by atoms with Gasteiger partial charge in [-0.15, -0.1) is 11.3 Å². The summed E-state index contributed by atoms with van der Waals surface area (Å²) in [7, 11) is -5.65. The van der Waals surface area contributed by atoms with Crippen molar-refractivity contribution in [2.24, 2.45) is 0 Å². The van der Waals surface area contributed by atoms with Crippen molar-refractivity contribution in [1.29, 1.82) is 0 Å². The second-order valence-corrected chi connectivity index (χ2v) is 8.02. The van der Waals surface area contributed by atoms with E-state index in [4.69, 9.17) is 9.79 Å². The van der Waals surface area contributed by atoms with Crippen LogP contribution < -0.4 is 5.32 Å². The molecule has 2 aromatic rings. The number of thiazole rings is 1. The van der Waals surface area contributed by atoms with E-state index in [1.807, 2.05) is 0 Å². The van der Waals surface area contributed by atoms with E-state index >= 15 is 0 Å². The van der Waals surface area contributed by atoms with Gasteiger partial charge in [0.1, 0.15) is 5.01 Å². The van der Waals surface area contributed by atoms with Crippen LogP contribution in [0, 0.1) is 0 Å². The normalized spacial score (nSPS) is 12.6. The van der Waals surface area contributed by atoms with Crippen molar-refractivity contribution in [3.8, 4) is 0 Å². The van der Waals surface area contributed by atoms with E-state index in [-0.39, 0.29) is 16.9 Å². The summed E-state index contributed by atoms with van der Waals surface area (Å²) < 4.78 is 38.9. The third-order valence-corrected chi connectivity index (χ3v) is 5.35. The Morgan fingerprint density at radius 3 is 2.68 bits per heavy atom. The minimum atomic E-state index is -5.65. The molecule has 0 bridgehead atoms. The molecule has 0 atom stereocenters. The predicted molar refractivity (Wildman–Crippen MR) is 80.8 cm³/mol. The van der Waals surface area contributed by atoms with Crippen molar-refractivity contribution < 1.29 is 27.9 Å². The number of halogens is 3. The second kappa shape index (κ2) is 5.93. The fraction of sp³-hybridized carbons (Fsp3) is 0.273. The Bertz CT molecular complexity index is 792. The van der Waals surface area contributed by atoms with Gasteiger partial charge >= 0.3 is 13.3 Å². The van der Waals surface area contributed by atoms with E-state index in [1.165, 1.54) is 13.0 Å². The maximum absolute atomic E-state index is 13.8. The van der Waals surface area contributed by atoms with E-state index < -0.39 is 18.8 Å². The van der Waals surface area contributed by atoms with Crippen LogP contribution in [0.4, 0.5) is 8.78 Å². The van der Waals surface area contributed by atoms with Crippen molar-refractivity contribution in [2.75, 3.05) is 0 Å². The average molecular weight is 415 g/mol. The number of hydrogen-bond donors (Lipinski definition) is 3. The fourth-order valence-electron chi connectivity index (χ4n) is 1.66. The molecule has 0 aliphatic heterocycles. The summed E-state index contributed by atoms with van der Waals surface area (Å²) in [5.41, 5.74) is -4.72.